The van der Waals surface area contributed by atoms with Crippen LogP contribution in [0, 0.1) is 0 Å². The highest BCUT2D eigenvalue weighted by Gasteiger charge is 2.21. The van der Waals surface area contributed by atoms with Crippen LogP contribution in [0.2, 0.25) is 0 Å². The molecule has 1 aliphatic carbocycles. The molecular weight excluding hydrogens is 504 g/mol. The number of carbonyl (C=O) groups is 3. The van der Waals surface area contributed by atoms with Gasteiger partial charge in [0.1, 0.15) is 0 Å². The highest BCUT2D eigenvalue weighted by molar-refractivity contribution is 6.14. The minimum atomic E-state index is -0.464. The van der Waals surface area contributed by atoms with Crippen LogP contribution >= 0.6 is 0 Å². The lowest BCUT2D eigenvalue weighted by Gasteiger charge is -2.17. The molecule has 0 atom stereocenters. The maximum absolute atomic E-state index is 13.3. The van der Waals surface area contributed by atoms with Crippen LogP contribution in [0.5, 0.6) is 23.0 Å². The first-order chi connectivity index (χ1) is 18.9. The average molecular weight is 539 g/mol. The second-order valence-corrected chi connectivity index (χ2v) is 8.53. The molecule has 0 amide bonds. The fourth-order valence-electron chi connectivity index (χ4n) is 4.05. The van der Waals surface area contributed by atoms with Gasteiger partial charge in [-0.3, -0.25) is 4.79 Å². The Morgan fingerprint density at radius 1 is 0.718 bits per heavy atom. The van der Waals surface area contributed by atoms with Crippen LogP contribution in [0.4, 0.5) is 0 Å². The lowest BCUT2D eigenvalue weighted by atomic mass is 9.87. The molecule has 0 radical (unpaired) electrons. The smallest absolute Gasteiger partial charge is 0.344 e. The van der Waals surface area contributed by atoms with Crippen molar-refractivity contribution in [3.8, 4) is 23.0 Å². The van der Waals surface area contributed by atoms with Crippen molar-refractivity contribution in [1.82, 2.24) is 0 Å². The van der Waals surface area contributed by atoms with Crippen LogP contribution in [-0.2, 0) is 23.9 Å². The summed E-state index contributed by atoms with van der Waals surface area (Å²) in [5, 5.41) is 0. The predicted molar refractivity (Wildman–Crippen MR) is 145 cm³/mol. The van der Waals surface area contributed by atoms with Gasteiger partial charge in [0, 0.05) is 11.1 Å². The number of hydrogen-bond donors (Lipinski definition) is 0. The number of benzene rings is 2. The molecule has 1 aliphatic rings. The summed E-state index contributed by atoms with van der Waals surface area (Å²) in [4.78, 5) is 36.5. The Kier molecular flexibility index (Phi) is 11.0. The number of allylic oxidation sites excluding steroid dienone is 2. The average Bonchev–Trinajstić information content (AvgIpc) is 2.93. The number of esters is 2. The quantitative estimate of drug-likeness (QED) is 0.278. The van der Waals surface area contributed by atoms with Crippen LogP contribution < -0.4 is 18.9 Å². The molecular formula is C30H34O9. The molecule has 0 spiro atoms. The summed E-state index contributed by atoms with van der Waals surface area (Å²) in [7, 11) is 3.02. The third-order valence-electron chi connectivity index (χ3n) is 5.83. The standard InChI is InChI=1S/C30H34O9/c1-5-36-28(31)18-38-24-12-10-20(16-26(24)34-3)14-22-8-7-9-23(30(22)33)15-21-11-13-25(27(17-21)35-4)39-19-29(32)37-6-2/h10-17H,5-9,18-19H2,1-4H3/b22-14+,23-15+. The molecule has 0 heterocycles. The van der Waals surface area contributed by atoms with Crippen molar-refractivity contribution in [2.24, 2.45) is 0 Å². The maximum atomic E-state index is 13.3. The van der Waals surface area contributed by atoms with Gasteiger partial charge >= 0.3 is 11.9 Å². The first-order valence-corrected chi connectivity index (χ1v) is 12.8. The van der Waals surface area contributed by atoms with Gasteiger partial charge in [0.25, 0.3) is 0 Å². The van der Waals surface area contributed by atoms with E-state index in [4.69, 9.17) is 28.4 Å². The molecule has 2 aromatic carbocycles. The monoisotopic (exact) mass is 538 g/mol. The second kappa shape index (κ2) is 14.6. The van der Waals surface area contributed by atoms with E-state index < -0.39 is 11.9 Å². The van der Waals surface area contributed by atoms with Gasteiger partial charge in [-0.15, -0.1) is 0 Å². The fourth-order valence-corrected chi connectivity index (χ4v) is 4.05. The second-order valence-electron chi connectivity index (χ2n) is 8.53. The SMILES string of the molecule is CCOC(=O)COc1ccc(/C=C2\CCC/C(=C\c3ccc(OCC(=O)OCC)c(OC)c3)C2=O)cc1OC. The largest absolute Gasteiger partial charge is 0.493 e. The zero-order chi connectivity index (χ0) is 28.2. The topological polar surface area (TPSA) is 107 Å². The molecule has 39 heavy (non-hydrogen) atoms. The van der Waals surface area contributed by atoms with E-state index >= 15 is 0 Å². The molecule has 1 fully saturated rings. The van der Waals surface area contributed by atoms with Crippen molar-refractivity contribution in [3.05, 3.63) is 58.7 Å². The van der Waals surface area contributed by atoms with Crippen LogP contribution in [0.25, 0.3) is 12.2 Å². The molecule has 2 aromatic rings. The molecule has 0 aromatic heterocycles. The van der Waals surface area contributed by atoms with E-state index in [0.717, 1.165) is 17.5 Å². The number of carbonyl (C=O) groups excluding carboxylic acids is 3. The van der Waals surface area contributed by atoms with E-state index in [0.29, 0.717) is 47.0 Å². The molecule has 0 aliphatic heterocycles. The molecule has 0 bridgehead atoms. The summed E-state index contributed by atoms with van der Waals surface area (Å²) in [5.41, 5.74) is 2.95. The van der Waals surface area contributed by atoms with Gasteiger partial charge in [-0.25, -0.2) is 9.59 Å². The van der Waals surface area contributed by atoms with Crippen molar-refractivity contribution < 1.29 is 42.8 Å². The summed E-state index contributed by atoms with van der Waals surface area (Å²) < 4.78 is 31.6. The Labute approximate surface area is 228 Å². The Bertz CT molecular complexity index is 1150. The molecule has 9 heteroatoms. The zero-order valence-electron chi connectivity index (χ0n) is 22.7. The molecule has 0 unspecified atom stereocenters. The lowest BCUT2D eigenvalue weighted by Crippen LogP contribution is -2.15. The number of rotatable bonds is 12. The van der Waals surface area contributed by atoms with Gasteiger partial charge in [0.2, 0.25) is 0 Å². The van der Waals surface area contributed by atoms with Gasteiger partial charge in [-0.1, -0.05) is 12.1 Å². The van der Waals surface area contributed by atoms with Crippen molar-refractivity contribution in [3.63, 3.8) is 0 Å². The summed E-state index contributed by atoms with van der Waals surface area (Å²) in [6.45, 7) is 3.57. The Hall–Kier alpha value is -4.27. The fraction of sp³-hybridized carbons (Fsp3) is 0.367. The molecule has 208 valence electrons. The molecule has 3 rings (SSSR count). The molecule has 0 N–H and O–H groups in total. The summed E-state index contributed by atoms with van der Waals surface area (Å²) in [6, 6.07) is 10.5. The van der Waals surface area contributed by atoms with Crippen LogP contribution in [-0.4, -0.2) is 58.4 Å². The minimum absolute atomic E-state index is 0.0236. The maximum Gasteiger partial charge on any atom is 0.344 e. The summed E-state index contributed by atoms with van der Waals surface area (Å²) in [5.74, 6) is 0.766. The van der Waals surface area contributed by atoms with Crippen molar-refractivity contribution in [2.45, 2.75) is 33.1 Å². The summed E-state index contributed by atoms with van der Waals surface area (Å²) in [6.07, 6.45) is 5.84. The van der Waals surface area contributed by atoms with E-state index in [-0.39, 0.29) is 32.2 Å². The van der Waals surface area contributed by atoms with E-state index in [2.05, 4.69) is 0 Å². The molecule has 9 nitrogen and oxygen atoms in total. The van der Waals surface area contributed by atoms with Gasteiger partial charge in [0.15, 0.2) is 42.0 Å². The van der Waals surface area contributed by atoms with Crippen LogP contribution in [0.1, 0.15) is 44.2 Å². The Morgan fingerprint density at radius 3 is 1.54 bits per heavy atom. The lowest BCUT2D eigenvalue weighted by molar-refractivity contribution is -0.146. The predicted octanol–water partition coefficient (Wildman–Crippen LogP) is 4.81. The van der Waals surface area contributed by atoms with Crippen molar-refractivity contribution in [1.29, 1.82) is 0 Å². The van der Waals surface area contributed by atoms with E-state index in [9.17, 15) is 14.4 Å². The van der Waals surface area contributed by atoms with E-state index in [1.807, 2.05) is 12.2 Å². The van der Waals surface area contributed by atoms with E-state index in [1.54, 1.807) is 50.2 Å². The number of ether oxygens (including phenoxy) is 6. The number of methoxy groups -OCH3 is 2. The van der Waals surface area contributed by atoms with Gasteiger partial charge in [-0.05, 0) is 80.7 Å². The number of Topliss-reactive ketones (excluding diaryl/α,β-unsaturated/α-hetero) is 1. The normalized spacial score (nSPS) is 15.1. The minimum Gasteiger partial charge on any atom is -0.493 e. The third kappa shape index (κ3) is 8.36. The molecule has 0 saturated heterocycles. The highest BCUT2D eigenvalue weighted by atomic mass is 16.6. The first kappa shape index (κ1) is 29.3. The number of hydrogen-bond acceptors (Lipinski definition) is 9. The molecule has 1 saturated carbocycles. The summed E-state index contributed by atoms with van der Waals surface area (Å²) >= 11 is 0. The van der Waals surface area contributed by atoms with Gasteiger partial charge in [-0.2, -0.15) is 0 Å². The Morgan fingerprint density at radius 2 is 1.15 bits per heavy atom. The van der Waals surface area contributed by atoms with Gasteiger partial charge in [0.05, 0.1) is 27.4 Å². The van der Waals surface area contributed by atoms with E-state index in [1.165, 1.54) is 14.2 Å². The Balaban J connectivity index is 1.75. The zero-order valence-corrected chi connectivity index (χ0v) is 22.7. The third-order valence-corrected chi connectivity index (χ3v) is 5.83. The van der Waals surface area contributed by atoms with Crippen molar-refractivity contribution in [2.75, 3.05) is 40.6 Å². The van der Waals surface area contributed by atoms with Crippen LogP contribution in [0.15, 0.2) is 47.5 Å². The van der Waals surface area contributed by atoms with Gasteiger partial charge < -0.3 is 28.4 Å². The number of ketones is 1. The highest BCUT2D eigenvalue weighted by Crippen LogP contribution is 2.33. The van der Waals surface area contributed by atoms with Crippen LogP contribution in [0.3, 0.4) is 0 Å². The first-order valence-electron chi connectivity index (χ1n) is 12.8. The van der Waals surface area contributed by atoms with Crippen molar-refractivity contribution >= 4 is 29.9 Å².